The molecular weight excluding hydrogens is 416 g/mol. The van der Waals surface area contributed by atoms with Gasteiger partial charge in [-0.15, -0.1) is 5.10 Å². The Morgan fingerprint density at radius 1 is 1.40 bits per heavy atom. The summed E-state index contributed by atoms with van der Waals surface area (Å²) in [5, 5.41) is 25.0. The van der Waals surface area contributed by atoms with Gasteiger partial charge < -0.3 is 9.47 Å². The zero-order valence-corrected chi connectivity index (χ0v) is 16.2. The highest BCUT2D eigenvalue weighted by Crippen LogP contribution is 2.23. The summed E-state index contributed by atoms with van der Waals surface area (Å²) in [6, 6.07) is 6.84. The van der Waals surface area contributed by atoms with Crippen LogP contribution in [0, 0.1) is 10.1 Å². The maximum atomic E-state index is 11.7. The van der Waals surface area contributed by atoms with Gasteiger partial charge in [0.15, 0.2) is 11.9 Å². The monoisotopic (exact) mass is 430 g/mol. The van der Waals surface area contributed by atoms with Crippen LogP contribution in [0.5, 0.6) is 5.75 Å². The number of thioether (sulfide) groups is 1. The molecule has 1 aliphatic heterocycles. The maximum absolute atomic E-state index is 11.7. The Balaban J connectivity index is 1.54. The highest BCUT2D eigenvalue weighted by atomic mass is 32.2. The van der Waals surface area contributed by atoms with Crippen molar-refractivity contribution in [2.75, 3.05) is 7.11 Å². The van der Waals surface area contributed by atoms with E-state index in [4.69, 9.17) is 4.74 Å². The lowest BCUT2D eigenvalue weighted by Crippen LogP contribution is -2.19. The Labute approximate surface area is 173 Å². The van der Waals surface area contributed by atoms with Gasteiger partial charge in [-0.25, -0.2) is 9.48 Å². The van der Waals surface area contributed by atoms with Crippen LogP contribution in [0.15, 0.2) is 57.8 Å². The summed E-state index contributed by atoms with van der Waals surface area (Å²) < 4.78 is 11.3. The molecule has 2 heterocycles. The number of nitro groups is 1. The van der Waals surface area contributed by atoms with Crippen molar-refractivity contribution in [2.45, 2.75) is 6.73 Å². The highest BCUT2D eigenvalue weighted by molar-refractivity contribution is 8.18. The molecule has 0 aliphatic carbocycles. The third-order valence-electron chi connectivity index (χ3n) is 3.53. The van der Waals surface area contributed by atoms with Gasteiger partial charge in [0.05, 0.1) is 23.2 Å². The van der Waals surface area contributed by atoms with Gasteiger partial charge in [0.1, 0.15) is 18.1 Å². The minimum atomic E-state index is -0.634. The standard InChI is InChI=1S/C17H14N6O6S/c1-28-15(24)6-14-16(25)20-17(30-14)21-18-7-11-2-4-13(5-3-11)29-10-22-9-12(8-19-22)23(26)27/h2-9H,10H2,1H3,(H,20,21,25)/b14-6+,18-7?. The van der Waals surface area contributed by atoms with Crippen LogP contribution in [0.3, 0.4) is 0 Å². The van der Waals surface area contributed by atoms with Gasteiger partial charge >= 0.3 is 11.7 Å². The maximum Gasteiger partial charge on any atom is 0.331 e. The molecule has 1 saturated heterocycles. The topological polar surface area (TPSA) is 150 Å². The number of rotatable bonds is 7. The number of aromatic nitrogens is 2. The molecule has 0 spiro atoms. The third kappa shape index (κ3) is 5.51. The van der Waals surface area contributed by atoms with Crippen LogP contribution in [-0.2, 0) is 21.1 Å². The first kappa shape index (κ1) is 20.7. The zero-order chi connectivity index (χ0) is 21.5. The molecule has 1 aliphatic rings. The van der Waals surface area contributed by atoms with E-state index in [1.54, 1.807) is 24.3 Å². The summed E-state index contributed by atoms with van der Waals surface area (Å²) in [6.07, 6.45) is 4.96. The molecule has 30 heavy (non-hydrogen) atoms. The molecule has 12 nitrogen and oxygen atoms in total. The predicted molar refractivity (Wildman–Crippen MR) is 107 cm³/mol. The van der Waals surface area contributed by atoms with Crippen molar-refractivity contribution in [3.63, 3.8) is 0 Å². The fourth-order valence-electron chi connectivity index (χ4n) is 2.10. The van der Waals surface area contributed by atoms with Gasteiger partial charge in [0, 0.05) is 6.08 Å². The number of nitrogens with one attached hydrogen (secondary N) is 1. The van der Waals surface area contributed by atoms with Crippen molar-refractivity contribution in [1.29, 1.82) is 0 Å². The minimum absolute atomic E-state index is 0.0211. The van der Waals surface area contributed by atoms with Crippen molar-refractivity contribution in [2.24, 2.45) is 10.2 Å². The smallest absolute Gasteiger partial charge is 0.331 e. The first-order chi connectivity index (χ1) is 14.4. The van der Waals surface area contributed by atoms with Gasteiger partial charge in [-0.1, -0.05) is 0 Å². The molecule has 1 aromatic carbocycles. The SMILES string of the molecule is COC(=O)/C=C1/S/C(=N\N=Cc2ccc(OCn3cc([N+](=O)[O-])cn3)cc2)NC1=O. The second kappa shape index (κ2) is 9.47. The van der Waals surface area contributed by atoms with Gasteiger partial charge in [0.25, 0.3) is 5.91 Å². The zero-order valence-electron chi connectivity index (χ0n) is 15.4. The molecule has 1 fully saturated rings. The molecular formula is C17H14N6O6S. The van der Waals surface area contributed by atoms with Gasteiger partial charge in [-0.05, 0) is 41.6 Å². The van der Waals surface area contributed by atoms with Gasteiger partial charge in [0.2, 0.25) is 0 Å². The molecule has 0 unspecified atom stereocenters. The summed E-state index contributed by atoms with van der Waals surface area (Å²) in [5.41, 5.74) is 0.609. The van der Waals surface area contributed by atoms with E-state index < -0.39 is 16.8 Å². The van der Waals surface area contributed by atoms with Crippen molar-refractivity contribution in [3.8, 4) is 5.75 Å². The van der Waals surface area contributed by atoms with E-state index in [9.17, 15) is 19.7 Å². The summed E-state index contributed by atoms with van der Waals surface area (Å²) >= 11 is 0.974. The average molecular weight is 430 g/mol. The Morgan fingerprint density at radius 3 is 2.83 bits per heavy atom. The summed E-state index contributed by atoms with van der Waals surface area (Å²) in [5.74, 6) is -0.554. The van der Waals surface area contributed by atoms with E-state index in [-0.39, 0.29) is 22.5 Å². The van der Waals surface area contributed by atoms with Crippen molar-refractivity contribution < 1.29 is 24.0 Å². The van der Waals surface area contributed by atoms with Crippen LogP contribution in [0.4, 0.5) is 5.69 Å². The van der Waals surface area contributed by atoms with Crippen molar-refractivity contribution >= 4 is 40.7 Å². The Hall–Kier alpha value is -4.00. The van der Waals surface area contributed by atoms with Gasteiger partial charge in [-0.2, -0.15) is 10.2 Å². The lowest BCUT2D eigenvalue weighted by molar-refractivity contribution is -0.385. The van der Waals surface area contributed by atoms with E-state index in [1.807, 2.05) is 0 Å². The summed E-state index contributed by atoms with van der Waals surface area (Å²) in [4.78, 5) is 33.2. The minimum Gasteiger partial charge on any atom is -0.471 e. The molecule has 13 heteroatoms. The number of benzene rings is 1. The van der Waals surface area contributed by atoms with Crippen molar-refractivity contribution in [1.82, 2.24) is 15.1 Å². The molecule has 154 valence electrons. The number of hydrogen-bond acceptors (Lipinski definition) is 10. The van der Waals surface area contributed by atoms with E-state index in [0.717, 1.165) is 29.6 Å². The number of hydrogen-bond donors (Lipinski definition) is 1. The van der Waals surface area contributed by atoms with E-state index in [1.165, 1.54) is 24.2 Å². The largest absolute Gasteiger partial charge is 0.471 e. The lowest BCUT2D eigenvalue weighted by Gasteiger charge is -2.05. The molecule has 1 amide bonds. The van der Waals surface area contributed by atoms with E-state index in [0.29, 0.717) is 5.75 Å². The van der Waals surface area contributed by atoms with Crippen LogP contribution in [0.25, 0.3) is 0 Å². The molecule has 3 rings (SSSR count). The number of carbonyl (C=O) groups is 2. The summed E-state index contributed by atoms with van der Waals surface area (Å²) in [7, 11) is 1.22. The molecule has 0 bridgehead atoms. The lowest BCUT2D eigenvalue weighted by atomic mass is 10.2. The molecule has 1 aromatic heterocycles. The second-order valence-electron chi connectivity index (χ2n) is 5.58. The number of carbonyl (C=O) groups excluding carboxylic acids is 2. The third-order valence-corrected chi connectivity index (χ3v) is 4.43. The number of amidine groups is 1. The van der Waals surface area contributed by atoms with Crippen LogP contribution in [0.2, 0.25) is 0 Å². The fourth-order valence-corrected chi connectivity index (χ4v) is 2.84. The van der Waals surface area contributed by atoms with Crippen LogP contribution in [0.1, 0.15) is 5.56 Å². The van der Waals surface area contributed by atoms with E-state index >= 15 is 0 Å². The average Bonchev–Trinajstić information content (AvgIpc) is 3.34. The molecule has 2 aromatic rings. The Morgan fingerprint density at radius 2 is 2.17 bits per heavy atom. The van der Waals surface area contributed by atoms with Crippen molar-refractivity contribution in [3.05, 3.63) is 63.3 Å². The molecule has 0 saturated carbocycles. The number of methoxy groups -OCH3 is 1. The first-order valence-electron chi connectivity index (χ1n) is 8.24. The number of nitrogens with zero attached hydrogens (tertiary/aromatic N) is 5. The fraction of sp³-hybridized carbons (Fsp3) is 0.118. The normalized spacial score (nSPS) is 16.2. The Bertz CT molecular complexity index is 1060. The number of ether oxygens (including phenoxy) is 2. The predicted octanol–water partition coefficient (Wildman–Crippen LogP) is 1.44. The second-order valence-corrected chi connectivity index (χ2v) is 6.61. The summed E-state index contributed by atoms with van der Waals surface area (Å²) in [6.45, 7) is 0.0211. The Kier molecular flexibility index (Phi) is 6.54. The van der Waals surface area contributed by atoms with Crippen LogP contribution >= 0.6 is 11.8 Å². The molecule has 1 N–H and O–H groups in total. The quantitative estimate of drug-likeness (QED) is 0.228. The van der Waals surface area contributed by atoms with E-state index in [2.05, 4.69) is 25.4 Å². The van der Waals surface area contributed by atoms with Crippen LogP contribution < -0.4 is 10.1 Å². The number of amides is 1. The molecule has 0 atom stereocenters. The number of esters is 1. The van der Waals surface area contributed by atoms with Gasteiger partial charge in [-0.3, -0.25) is 20.2 Å². The molecule has 0 radical (unpaired) electrons. The first-order valence-corrected chi connectivity index (χ1v) is 9.06. The van der Waals surface area contributed by atoms with Crippen LogP contribution in [-0.4, -0.2) is 45.1 Å². The highest BCUT2D eigenvalue weighted by Gasteiger charge is 2.24.